The monoisotopic (exact) mass is 530 g/mol. The lowest BCUT2D eigenvalue weighted by Gasteiger charge is -2.18. The fourth-order valence-electron chi connectivity index (χ4n) is 1.80. The lowest BCUT2D eigenvalue weighted by atomic mass is 10.3. The molecular weight excluding hydrogens is 504 g/mol. The van der Waals surface area contributed by atoms with Crippen LogP contribution < -0.4 is 0 Å². The summed E-state index contributed by atoms with van der Waals surface area (Å²) in [6.45, 7) is 8.02. The summed E-state index contributed by atoms with van der Waals surface area (Å²) in [6, 6.07) is 0. The van der Waals surface area contributed by atoms with E-state index in [1.54, 1.807) is 0 Å². The van der Waals surface area contributed by atoms with E-state index in [0.29, 0.717) is 16.2 Å². The van der Waals surface area contributed by atoms with Crippen molar-refractivity contribution in [3.05, 3.63) is 36.0 Å². The van der Waals surface area contributed by atoms with E-state index >= 15 is 0 Å². The molecule has 0 heterocycles. The summed E-state index contributed by atoms with van der Waals surface area (Å²) in [6.07, 6.45) is -2.97. The van der Waals surface area contributed by atoms with Crippen LogP contribution in [-0.4, -0.2) is 79.7 Å². The van der Waals surface area contributed by atoms with Gasteiger partial charge >= 0.3 is 17.9 Å². The summed E-state index contributed by atoms with van der Waals surface area (Å²) < 4.78 is 82.8. The standard InChI is InChI=1S/C18H26O12S3/c1-4-31(22,23)10-7-16(19)28-13-15(30-18(21)9-12-33(26,27)6-3)14-29-17(20)8-11-32(24,25)5-2/h4-6,15H,1-3,7-14H2. The number of carbonyl (C=O) groups excluding carboxylic acids is 3. The van der Waals surface area contributed by atoms with Gasteiger partial charge in [0.05, 0.1) is 36.5 Å². The van der Waals surface area contributed by atoms with E-state index in [1.807, 2.05) is 0 Å². The molecule has 188 valence electrons. The first-order valence-corrected chi connectivity index (χ1v) is 14.4. The Morgan fingerprint density at radius 3 is 1.21 bits per heavy atom. The van der Waals surface area contributed by atoms with Crippen LogP contribution in [0.15, 0.2) is 36.0 Å². The Balaban J connectivity index is 4.96. The van der Waals surface area contributed by atoms with Crippen LogP contribution >= 0.6 is 0 Å². The Kier molecular flexibility index (Phi) is 12.8. The third kappa shape index (κ3) is 15.0. The minimum Gasteiger partial charge on any atom is -0.462 e. The van der Waals surface area contributed by atoms with Crippen molar-refractivity contribution in [3.8, 4) is 0 Å². The number of rotatable bonds is 17. The highest BCUT2D eigenvalue weighted by atomic mass is 32.2. The Morgan fingerprint density at radius 2 is 0.909 bits per heavy atom. The number of esters is 3. The molecule has 0 aromatic rings. The van der Waals surface area contributed by atoms with Gasteiger partial charge in [-0.25, -0.2) is 25.3 Å². The van der Waals surface area contributed by atoms with Gasteiger partial charge < -0.3 is 14.2 Å². The van der Waals surface area contributed by atoms with Crippen LogP contribution in [0.25, 0.3) is 0 Å². The van der Waals surface area contributed by atoms with E-state index in [-0.39, 0.29) is 0 Å². The van der Waals surface area contributed by atoms with E-state index in [0.717, 1.165) is 0 Å². The van der Waals surface area contributed by atoms with Crippen LogP contribution in [0.3, 0.4) is 0 Å². The highest BCUT2D eigenvalue weighted by Gasteiger charge is 2.22. The summed E-state index contributed by atoms with van der Waals surface area (Å²) >= 11 is 0. The number of sulfone groups is 3. The van der Waals surface area contributed by atoms with Crippen molar-refractivity contribution in [1.82, 2.24) is 0 Å². The highest BCUT2D eigenvalue weighted by Crippen LogP contribution is 2.05. The van der Waals surface area contributed by atoms with Crippen molar-refractivity contribution in [1.29, 1.82) is 0 Å². The van der Waals surface area contributed by atoms with Crippen molar-refractivity contribution in [2.45, 2.75) is 25.4 Å². The number of hydrogen-bond acceptors (Lipinski definition) is 12. The second-order valence-electron chi connectivity index (χ2n) is 6.33. The van der Waals surface area contributed by atoms with Gasteiger partial charge in [0.25, 0.3) is 0 Å². The molecule has 33 heavy (non-hydrogen) atoms. The van der Waals surface area contributed by atoms with Crippen LogP contribution in [-0.2, 0) is 58.1 Å². The van der Waals surface area contributed by atoms with Crippen LogP contribution in [0.4, 0.5) is 0 Å². The lowest BCUT2D eigenvalue weighted by molar-refractivity contribution is -0.166. The highest BCUT2D eigenvalue weighted by molar-refractivity contribution is 7.94. The summed E-state index contributed by atoms with van der Waals surface area (Å²) in [7, 11) is -11.0. The zero-order chi connectivity index (χ0) is 25.7. The quantitative estimate of drug-likeness (QED) is 0.179. The molecule has 0 fully saturated rings. The van der Waals surface area contributed by atoms with Crippen LogP contribution in [0.1, 0.15) is 19.3 Å². The van der Waals surface area contributed by atoms with Gasteiger partial charge in [-0.15, -0.1) is 0 Å². The van der Waals surface area contributed by atoms with Crippen LogP contribution in [0, 0.1) is 0 Å². The number of ether oxygens (including phenoxy) is 3. The molecular formula is C18H26O12S3. The average molecular weight is 531 g/mol. The second-order valence-corrected chi connectivity index (χ2v) is 12.5. The zero-order valence-corrected chi connectivity index (χ0v) is 20.2. The number of hydrogen-bond donors (Lipinski definition) is 0. The van der Waals surface area contributed by atoms with Crippen molar-refractivity contribution >= 4 is 47.4 Å². The molecule has 0 saturated carbocycles. The maximum Gasteiger partial charge on any atom is 0.307 e. The predicted octanol–water partition coefficient (Wildman–Crippen LogP) is -0.170. The molecule has 0 aliphatic carbocycles. The first-order valence-electron chi connectivity index (χ1n) is 9.21. The first-order chi connectivity index (χ1) is 15.1. The van der Waals surface area contributed by atoms with Gasteiger partial charge in [0.2, 0.25) is 0 Å². The van der Waals surface area contributed by atoms with E-state index in [2.05, 4.69) is 19.7 Å². The summed E-state index contributed by atoms with van der Waals surface area (Å²) in [5, 5.41) is 2.01. The van der Waals surface area contributed by atoms with Crippen LogP contribution in [0.5, 0.6) is 0 Å². The van der Waals surface area contributed by atoms with E-state index in [1.165, 1.54) is 0 Å². The van der Waals surface area contributed by atoms with Gasteiger partial charge in [0, 0.05) is 16.2 Å². The largest absolute Gasteiger partial charge is 0.462 e. The lowest BCUT2D eigenvalue weighted by Crippen LogP contribution is -2.31. The molecule has 0 N–H and O–H groups in total. The van der Waals surface area contributed by atoms with Gasteiger partial charge in [-0.1, -0.05) is 19.7 Å². The fraction of sp³-hybridized carbons (Fsp3) is 0.500. The number of carbonyl (C=O) groups is 3. The summed E-state index contributed by atoms with van der Waals surface area (Å²) in [5.41, 5.74) is 0. The van der Waals surface area contributed by atoms with Crippen molar-refractivity contribution < 1.29 is 53.8 Å². The van der Waals surface area contributed by atoms with Crippen LogP contribution in [0.2, 0.25) is 0 Å². The van der Waals surface area contributed by atoms with Gasteiger partial charge in [0.15, 0.2) is 35.6 Å². The molecule has 12 nitrogen and oxygen atoms in total. The van der Waals surface area contributed by atoms with Crippen molar-refractivity contribution in [2.24, 2.45) is 0 Å². The molecule has 0 amide bonds. The smallest absolute Gasteiger partial charge is 0.307 e. The normalized spacial score (nSPS) is 11.9. The molecule has 0 radical (unpaired) electrons. The van der Waals surface area contributed by atoms with Gasteiger partial charge in [0.1, 0.15) is 13.2 Å². The van der Waals surface area contributed by atoms with Crippen molar-refractivity contribution in [3.63, 3.8) is 0 Å². The van der Waals surface area contributed by atoms with E-state index in [4.69, 9.17) is 14.2 Å². The molecule has 0 aliphatic heterocycles. The topological polar surface area (TPSA) is 181 Å². The first kappa shape index (κ1) is 30.5. The maximum atomic E-state index is 11.9. The van der Waals surface area contributed by atoms with E-state index in [9.17, 15) is 39.6 Å². The summed E-state index contributed by atoms with van der Waals surface area (Å²) in [4.78, 5) is 35.4. The Morgan fingerprint density at radius 1 is 0.606 bits per heavy atom. The fourth-order valence-corrected chi connectivity index (χ4v) is 3.66. The molecule has 0 aromatic carbocycles. The van der Waals surface area contributed by atoms with E-state index < -0.39 is 103 Å². The van der Waals surface area contributed by atoms with Gasteiger partial charge in [-0.2, -0.15) is 0 Å². The van der Waals surface area contributed by atoms with Gasteiger partial charge in [-0.3, -0.25) is 14.4 Å². The molecule has 0 rings (SSSR count). The zero-order valence-electron chi connectivity index (χ0n) is 17.7. The third-order valence-corrected chi connectivity index (χ3v) is 7.54. The molecule has 0 bridgehead atoms. The average Bonchev–Trinajstić information content (AvgIpc) is 2.76. The van der Waals surface area contributed by atoms with Crippen molar-refractivity contribution in [2.75, 3.05) is 30.5 Å². The molecule has 0 saturated heterocycles. The Bertz CT molecular complexity index is 995. The minimum atomic E-state index is -3.69. The SMILES string of the molecule is C=CS(=O)(=O)CCC(=O)OCC(COC(=O)CCS(=O)(=O)C=C)OC(=O)CCS(=O)(=O)C=C. The molecule has 15 heteroatoms. The molecule has 0 aromatic heterocycles. The van der Waals surface area contributed by atoms with Gasteiger partial charge in [-0.05, 0) is 0 Å². The predicted molar refractivity (Wildman–Crippen MR) is 118 cm³/mol. The molecule has 0 unspecified atom stereocenters. The molecule has 0 spiro atoms. The molecule has 0 aliphatic rings. The molecule has 0 atom stereocenters. The Labute approximate surface area is 193 Å². The second kappa shape index (κ2) is 13.9. The minimum absolute atomic E-state index is 0.522. The Hall–Kier alpha value is -2.52. The maximum absolute atomic E-state index is 11.9. The summed E-state index contributed by atoms with van der Waals surface area (Å²) in [5.74, 6) is -4.66. The third-order valence-electron chi connectivity index (χ3n) is 3.69.